The monoisotopic (exact) mass is 448 g/mol. The van der Waals surface area contributed by atoms with Gasteiger partial charge in [-0.2, -0.15) is 0 Å². The van der Waals surface area contributed by atoms with Crippen LogP contribution >= 0.6 is 0 Å². The summed E-state index contributed by atoms with van der Waals surface area (Å²) in [4.78, 5) is 15.3. The van der Waals surface area contributed by atoms with Crippen molar-refractivity contribution >= 4 is 11.5 Å². The van der Waals surface area contributed by atoms with Crippen LogP contribution in [0.2, 0.25) is 0 Å². The molecule has 2 aliphatic heterocycles. The van der Waals surface area contributed by atoms with Gasteiger partial charge in [0.15, 0.2) is 11.5 Å². The molecule has 0 radical (unpaired) electrons. The van der Waals surface area contributed by atoms with Crippen molar-refractivity contribution in [3.63, 3.8) is 0 Å². The van der Waals surface area contributed by atoms with Gasteiger partial charge in [0.25, 0.3) is 0 Å². The van der Waals surface area contributed by atoms with Crippen LogP contribution in [-0.4, -0.2) is 49.7 Å². The fourth-order valence-electron chi connectivity index (χ4n) is 4.63. The molecule has 0 unspecified atom stereocenters. The summed E-state index contributed by atoms with van der Waals surface area (Å²) in [5.74, 6) is 1.73. The molecule has 1 N–H and O–H groups in total. The predicted octanol–water partition coefficient (Wildman–Crippen LogP) is 4.77. The van der Waals surface area contributed by atoms with Crippen LogP contribution in [0.25, 0.3) is 5.57 Å². The molecule has 1 amide bonds. The zero-order valence-electron chi connectivity index (χ0n) is 19.8. The van der Waals surface area contributed by atoms with Gasteiger partial charge in [0.2, 0.25) is 5.91 Å². The normalized spacial score (nSPS) is 16.4. The summed E-state index contributed by atoms with van der Waals surface area (Å²) in [6.45, 7) is 10.6. The van der Waals surface area contributed by atoms with Crippen LogP contribution in [0.4, 0.5) is 0 Å². The van der Waals surface area contributed by atoms with Gasteiger partial charge in [-0.3, -0.25) is 4.79 Å². The van der Waals surface area contributed by atoms with E-state index in [4.69, 9.17) is 9.47 Å². The van der Waals surface area contributed by atoms with Crippen LogP contribution in [-0.2, 0) is 11.2 Å². The van der Waals surface area contributed by atoms with Crippen molar-refractivity contribution in [2.24, 2.45) is 0 Å². The average Bonchev–Trinajstić information content (AvgIpc) is 3.32. The molecule has 2 aliphatic rings. The third-order valence-corrected chi connectivity index (χ3v) is 6.47. The van der Waals surface area contributed by atoms with Gasteiger partial charge < -0.3 is 19.7 Å². The largest absolute Gasteiger partial charge is 0.486 e. The van der Waals surface area contributed by atoms with Crippen molar-refractivity contribution in [1.29, 1.82) is 0 Å². The summed E-state index contributed by atoms with van der Waals surface area (Å²) < 4.78 is 11.4. The second-order valence-corrected chi connectivity index (χ2v) is 9.28. The van der Waals surface area contributed by atoms with Crippen molar-refractivity contribution in [1.82, 2.24) is 10.2 Å². The van der Waals surface area contributed by atoms with Gasteiger partial charge in [0.05, 0.1) is 0 Å². The van der Waals surface area contributed by atoms with Gasteiger partial charge in [0.1, 0.15) is 13.2 Å². The second kappa shape index (κ2) is 11.4. The summed E-state index contributed by atoms with van der Waals surface area (Å²) in [5, 5.41) is 3.31. The highest BCUT2D eigenvalue weighted by Crippen LogP contribution is 2.31. The number of likely N-dealkylation sites (tertiary alicyclic amines) is 1. The Morgan fingerprint density at radius 1 is 1.03 bits per heavy atom. The second-order valence-electron chi connectivity index (χ2n) is 9.28. The maximum absolute atomic E-state index is 12.8. The Bertz CT molecular complexity index is 948. The molecule has 33 heavy (non-hydrogen) atoms. The SMILES string of the molecule is C=C(CCCC(=O)N[C@@H](Cc1ccc2c(c1)OCCO2)CN1CCCC1)c1ccc(C)cc1. The van der Waals surface area contributed by atoms with Gasteiger partial charge in [-0.15, -0.1) is 0 Å². The first-order valence-electron chi connectivity index (χ1n) is 12.2. The molecule has 0 bridgehead atoms. The fourth-order valence-corrected chi connectivity index (χ4v) is 4.63. The lowest BCUT2D eigenvalue weighted by Crippen LogP contribution is -2.44. The van der Waals surface area contributed by atoms with Crippen LogP contribution in [0, 0.1) is 6.92 Å². The summed E-state index contributed by atoms with van der Waals surface area (Å²) >= 11 is 0. The summed E-state index contributed by atoms with van der Waals surface area (Å²) in [7, 11) is 0. The van der Waals surface area contributed by atoms with E-state index >= 15 is 0 Å². The Hall–Kier alpha value is -2.79. The molecule has 176 valence electrons. The van der Waals surface area contributed by atoms with Gasteiger partial charge >= 0.3 is 0 Å². The number of nitrogens with zero attached hydrogens (tertiary/aromatic N) is 1. The number of ether oxygens (including phenoxy) is 2. The van der Waals surface area contributed by atoms with Gasteiger partial charge in [-0.05, 0) is 81.0 Å². The summed E-state index contributed by atoms with van der Waals surface area (Å²) in [5.41, 5.74) is 4.66. The van der Waals surface area contributed by atoms with E-state index in [1.165, 1.54) is 18.4 Å². The third-order valence-electron chi connectivity index (χ3n) is 6.47. The zero-order valence-corrected chi connectivity index (χ0v) is 19.8. The van der Waals surface area contributed by atoms with E-state index in [-0.39, 0.29) is 11.9 Å². The smallest absolute Gasteiger partial charge is 0.220 e. The van der Waals surface area contributed by atoms with Crippen molar-refractivity contribution in [2.45, 2.75) is 51.5 Å². The number of nitrogens with one attached hydrogen (secondary N) is 1. The molecule has 1 saturated heterocycles. The van der Waals surface area contributed by atoms with E-state index in [2.05, 4.69) is 60.1 Å². The zero-order chi connectivity index (χ0) is 23.0. The molecule has 0 saturated carbocycles. The molecular formula is C28H36N2O3. The number of hydrogen-bond donors (Lipinski definition) is 1. The number of aryl methyl sites for hydroxylation is 1. The van der Waals surface area contributed by atoms with E-state index < -0.39 is 0 Å². The molecule has 4 rings (SSSR count). The first-order chi connectivity index (χ1) is 16.1. The highest BCUT2D eigenvalue weighted by molar-refractivity contribution is 5.76. The maximum Gasteiger partial charge on any atom is 0.220 e. The quantitative estimate of drug-likeness (QED) is 0.569. The van der Waals surface area contributed by atoms with Crippen molar-refractivity contribution in [3.05, 3.63) is 65.7 Å². The lowest BCUT2D eigenvalue weighted by atomic mass is 10.0. The standard InChI is InChI=1S/C28H36N2O3/c1-21-8-11-24(12-9-21)22(2)6-5-7-28(31)29-25(20-30-14-3-4-15-30)18-23-10-13-26-27(19-23)33-17-16-32-26/h8-13,19,25H,2-7,14-18,20H2,1H3,(H,29,31)/t25-/m0/s1. The minimum atomic E-state index is 0.0819. The Morgan fingerprint density at radius 2 is 1.76 bits per heavy atom. The Labute approximate surface area is 197 Å². The first kappa shape index (κ1) is 23.4. The third kappa shape index (κ3) is 6.84. The molecule has 0 spiro atoms. The number of carbonyl (C=O) groups excluding carboxylic acids is 1. The molecule has 1 atom stereocenters. The topological polar surface area (TPSA) is 50.8 Å². The maximum atomic E-state index is 12.8. The lowest BCUT2D eigenvalue weighted by molar-refractivity contribution is -0.122. The number of fused-ring (bicyclic) bond motifs is 1. The van der Waals surface area contributed by atoms with Gasteiger partial charge in [-0.25, -0.2) is 0 Å². The van der Waals surface area contributed by atoms with E-state index in [9.17, 15) is 4.79 Å². The minimum Gasteiger partial charge on any atom is -0.486 e. The van der Waals surface area contributed by atoms with Crippen molar-refractivity contribution in [3.8, 4) is 11.5 Å². The summed E-state index contributed by atoms with van der Waals surface area (Å²) in [6.07, 6.45) is 5.42. The molecule has 0 aliphatic carbocycles. The first-order valence-corrected chi connectivity index (χ1v) is 12.2. The molecule has 1 fully saturated rings. The van der Waals surface area contributed by atoms with E-state index in [0.29, 0.717) is 19.6 Å². The number of benzene rings is 2. The van der Waals surface area contributed by atoms with Crippen LogP contribution < -0.4 is 14.8 Å². The number of rotatable bonds is 10. The lowest BCUT2D eigenvalue weighted by Gasteiger charge is -2.25. The molecule has 2 aromatic carbocycles. The average molecular weight is 449 g/mol. The van der Waals surface area contributed by atoms with Crippen LogP contribution in [0.5, 0.6) is 11.5 Å². The van der Waals surface area contributed by atoms with Gasteiger partial charge in [0, 0.05) is 19.0 Å². The Kier molecular flexibility index (Phi) is 8.05. The van der Waals surface area contributed by atoms with E-state index in [1.807, 2.05) is 6.07 Å². The highest BCUT2D eigenvalue weighted by atomic mass is 16.6. The molecule has 5 heteroatoms. The van der Waals surface area contributed by atoms with Crippen LogP contribution in [0.1, 0.15) is 48.8 Å². The highest BCUT2D eigenvalue weighted by Gasteiger charge is 2.21. The molecule has 0 aromatic heterocycles. The molecule has 2 aromatic rings. The van der Waals surface area contributed by atoms with Crippen molar-refractivity contribution < 1.29 is 14.3 Å². The fraction of sp³-hybridized carbons (Fsp3) is 0.464. The Balaban J connectivity index is 1.31. The molecular weight excluding hydrogens is 412 g/mol. The van der Waals surface area contributed by atoms with Crippen LogP contribution in [0.3, 0.4) is 0 Å². The molecule has 5 nitrogen and oxygen atoms in total. The number of hydrogen-bond acceptors (Lipinski definition) is 4. The Morgan fingerprint density at radius 3 is 2.52 bits per heavy atom. The van der Waals surface area contributed by atoms with Crippen molar-refractivity contribution in [2.75, 3.05) is 32.8 Å². The number of carbonyl (C=O) groups is 1. The number of allylic oxidation sites excluding steroid dienone is 1. The predicted molar refractivity (Wildman–Crippen MR) is 133 cm³/mol. The van der Waals surface area contributed by atoms with E-state index in [1.54, 1.807) is 0 Å². The minimum absolute atomic E-state index is 0.0819. The number of amides is 1. The van der Waals surface area contributed by atoms with E-state index in [0.717, 1.165) is 67.1 Å². The van der Waals surface area contributed by atoms with Crippen LogP contribution in [0.15, 0.2) is 49.0 Å². The van der Waals surface area contributed by atoms with Gasteiger partial charge in [-0.1, -0.05) is 42.5 Å². The summed E-state index contributed by atoms with van der Waals surface area (Å²) in [6, 6.07) is 14.6. The molecule has 2 heterocycles.